The van der Waals surface area contributed by atoms with Crippen molar-refractivity contribution < 1.29 is 18.0 Å². The van der Waals surface area contributed by atoms with Crippen molar-refractivity contribution in [3.8, 4) is 0 Å². The number of anilines is 1. The van der Waals surface area contributed by atoms with Gasteiger partial charge in [-0.3, -0.25) is 13.9 Å². The monoisotopic (exact) mass is 589 g/mol. The molecule has 0 aliphatic carbocycles. The molecule has 9 heteroatoms. The highest BCUT2D eigenvalue weighted by Crippen LogP contribution is 2.30. The van der Waals surface area contributed by atoms with E-state index in [2.05, 4.69) is 5.32 Å². The largest absolute Gasteiger partial charge is 0.357 e. The van der Waals surface area contributed by atoms with Crippen molar-refractivity contribution in [2.75, 3.05) is 17.9 Å². The summed E-state index contributed by atoms with van der Waals surface area (Å²) in [4.78, 5) is 29.0. The van der Waals surface area contributed by atoms with Gasteiger partial charge in [0.05, 0.1) is 10.6 Å². The number of nitrogens with zero attached hydrogens (tertiary/aromatic N) is 2. The smallest absolute Gasteiger partial charge is 0.264 e. The standard InChI is InChI=1S/C32H32ClN3O4S/c1-24-18-19-27(33)21-29(24)36(41(39,40)28-16-10-5-11-17-28)23-31(37)35(22-26-14-8-4-9-15-26)30(32(38)34-2)20-25-12-6-3-7-13-25/h3-19,21,30H,20,22-23H2,1-2H3,(H,34,38)/t30-/m0/s1. The number of halogens is 1. The number of rotatable bonds is 11. The fourth-order valence-electron chi connectivity index (χ4n) is 4.58. The number of hydrogen-bond donors (Lipinski definition) is 1. The van der Waals surface area contributed by atoms with Crippen LogP contribution in [0.2, 0.25) is 5.02 Å². The molecular formula is C32H32ClN3O4S. The second-order valence-corrected chi connectivity index (χ2v) is 11.9. The average molecular weight is 590 g/mol. The Hall–Kier alpha value is -4.14. The van der Waals surface area contributed by atoms with Crippen LogP contribution >= 0.6 is 11.6 Å². The van der Waals surface area contributed by atoms with Gasteiger partial charge in [-0.15, -0.1) is 0 Å². The van der Waals surface area contributed by atoms with Gasteiger partial charge in [0.25, 0.3) is 10.0 Å². The first-order valence-electron chi connectivity index (χ1n) is 13.1. The van der Waals surface area contributed by atoms with Crippen LogP contribution in [0.15, 0.2) is 114 Å². The molecule has 0 heterocycles. The lowest BCUT2D eigenvalue weighted by Gasteiger charge is -2.34. The van der Waals surface area contributed by atoms with Crippen molar-refractivity contribution in [3.05, 3.63) is 131 Å². The maximum atomic E-state index is 14.3. The Morgan fingerprint density at radius 1 is 0.829 bits per heavy atom. The third-order valence-electron chi connectivity index (χ3n) is 6.76. The molecule has 0 saturated carbocycles. The molecule has 0 aliphatic rings. The highest BCUT2D eigenvalue weighted by Gasteiger charge is 2.34. The van der Waals surface area contributed by atoms with E-state index in [1.165, 1.54) is 30.1 Å². The Morgan fingerprint density at radius 3 is 1.98 bits per heavy atom. The van der Waals surface area contributed by atoms with E-state index in [1.807, 2.05) is 60.7 Å². The molecule has 4 aromatic carbocycles. The topological polar surface area (TPSA) is 86.8 Å². The van der Waals surface area contributed by atoms with E-state index in [0.717, 1.165) is 15.4 Å². The van der Waals surface area contributed by atoms with Gasteiger partial charge in [0.15, 0.2) is 0 Å². The van der Waals surface area contributed by atoms with Crippen molar-refractivity contribution in [2.24, 2.45) is 0 Å². The first kappa shape index (κ1) is 29.8. The first-order valence-corrected chi connectivity index (χ1v) is 15.0. The zero-order valence-electron chi connectivity index (χ0n) is 22.9. The number of sulfonamides is 1. The minimum Gasteiger partial charge on any atom is -0.357 e. The Morgan fingerprint density at radius 2 is 1.39 bits per heavy atom. The number of carbonyl (C=O) groups excluding carboxylic acids is 2. The molecule has 4 rings (SSSR count). The molecule has 0 radical (unpaired) electrons. The first-order chi connectivity index (χ1) is 19.7. The summed E-state index contributed by atoms with van der Waals surface area (Å²) in [6.07, 6.45) is 0.251. The lowest BCUT2D eigenvalue weighted by atomic mass is 10.0. The van der Waals surface area contributed by atoms with Crippen LogP contribution in [-0.2, 0) is 32.6 Å². The fourth-order valence-corrected chi connectivity index (χ4v) is 6.24. The minimum atomic E-state index is -4.18. The minimum absolute atomic E-state index is 0.0360. The summed E-state index contributed by atoms with van der Waals surface area (Å²) < 4.78 is 29.1. The van der Waals surface area contributed by atoms with E-state index >= 15 is 0 Å². The van der Waals surface area contributed by atoms with Crippen LogP contribution in [-0.4, -0.2) is 44.8 Å². The molecule has 212 valence electrons. The van der Waals surface area contributed by atoms with E-state index in [-0.39, 0.29) is 29.5 Å². The Kier molecular flexibility index (Phi) is 9.81. The van der Waals surface area contributed by atoms with Crippen LogP contribution < -0.4 is 9.62 Å². The summed E-state index contributed by atoms with van der Waals surface area (Å²) in [5.41, 5.74) is 2.59. The number of carbonyl (C=O) groups is 2. The number of likely N-dealkylation sites (N-methyl/N-ethyl adjacent to an activating group) is 1. The summed E-state index contributed by atoms with van der Waals surface area (Å²) in [5.74, 6) is -0.883. The van der Waals surface area contributed by atoms with Gasteiger partial charge in [-0.25, -0.2) is 8.42 Å². The molecule has 0 fully saturated rings. The number of aryl methyl sites for hydroxylation is 1. The highest BCUT2D eigenvalue weighted by atomic mass is 35.5. The molecule has 4 aromatic rings. The predicted molar refractivity (Wildman–Crippen MR) is 162 cm³/mol. The van der Waals surface area contributed by atoms with Gasteiger partial charge in [-0.05, 0) is 47.9 Å². The zero-order valence-corrected chi connectivity index (χ0v) is 24.5. The van der Waals surface area contributed by atoms with Gasteiger partial charge in [-0.2, -0.15) is 0 Å². The molecular weight excluding hydrogens is 558 g/mol. The second-order valence-electron chi connectivity index (χ2n) is 9.58. The SMILES string of the molecule is CNC(=O)[C@H](Cc1ccccc1)N(Cc1ccccc1)C(=O)CN(c1cc(Cl)ccc1C)S(=O)(=O)c1ccccc1. The molecule has 0 spiro atoms. The number of hydrogen-bond acceptors (Lipinski definition) is 4. The van der Waals surface area contributed by atoms with E-state index in [4.69, 9.17) is 11.6 Å². The highest BCUT2D eigenvalue weighted by molar-refractivity contribution is 7.92. The molecule has 0 aromatic heterocycles. The zero-order chi connectivity index (χ0) is 29.4. The third kappa shape index (κ3) is 7.34. The summed E-state index contributed by atoms with van der Waals surface area (Å²) in [7, 11) is -2.66. The van der Waals surface area contributed by atoms with Crippen LogP contribution in [0.25, 0.3) is 0 Å². The number of nitrogens with one attached hydrogen (secondary N) is 1. The molecule has 7 nitrogen and oxygen atoms in total. The van der Waals surface area contributed by atoms with Crippen LogP contribution in [0.3, 0.4) is 0 Å². The predicted octanol–water partition coefficient (Wildman–Crippen LogP) is 5.23. The van der Waals surface area contributed by atoms with E-state index in [9.17, 15) is 18.0 Å². The molecule has 1 N–H and O–H groups in total. The molecule has 0 bridgehead atoms. The number of amides is 2. The van der Waals surface area contributed by atoms with Crippen molar-refractivity contribution >= 4 is 39.1 Å². The quantitative estimate of drug-likeness (QED) is 0.260. The second kappa shape index (κ2) is 13.5. The van der Waals surface area contributed by atoms with Crippen LogP contribution in [0.1, 0.15) is 16.7 Å². The maximum absolute atomic E-state index is 14.3. The van der Waals surface area contributed by atoms with Gasteiger partial charge >= 0.3 is 0 Å². The van der Waals surface area contributed by atoms with Crippen molar-refractivity contribution in [3.63, 3.8) is 0 Å². The number of benzene rings is 4. The summed E-state index contributed by atoms with van der Waals surface area (Å²) in [6.45, 7) is 1.33. The van der Waals surface area contributed by atoms with E-state index in [1.54, 1.807) is 37.3 Å². The van der Waals surface area contributed by atoms with E-state index < -0.39 is 28.5 Å². The van der Waals surface area contributed by atoms with Crippen molar-refractivity contribution in [1.82, 2.24) is 10.2 Å². The fraction of sp³-hybridized carbons (Fsp3) is 0.188. The molecule has 41 heavy (non-hydrogen) atoms. The normalized spacial score (nSPS) is 11.9. The van der Waals surface area contributed by atoms with Gasteiger partial charge < -0.3 is 10.2 Å². The molecule has 0 unspecified atom stereocenters. The lowest BCUT2D eigenvalue weighted by molar-refractivity contribution is -0.139. The summed E-state index contributed by atoms with van der Waals surface area (Å²) in [5, 5.41) is 3.02. The van der Waals surface area contributed by atoms with Gasteiger partial charge in [-0.1, -0.05) is 96.5 Å². The van der Waals surface area contributed by atoms with Gasteiger partial charge in [0, 0.05) is 25.0 Å². The van der Waals surface area contributed by atoms with Crippen LogP contribution in [0, 0.1) is 6.92 Å². The van der Waals surface area contributed by atoms with E-state index in [0.29, 0.717) is 10.6 Å². The maximum Gasteiger partial charge on any atom is 0.264 e. The Balaban J connectivity index is 1.80. The Labute approximate surface area is 246 Å². The van der Waals surface area contributed by atoms with Crippen molar-refractivity contribution in [1.29, 1.82) is 0 Å². The third-order valence-corrected chi connectivity index (χ3v) is 8.77. The van der Waals surface area contributed by atoms with Crippen LogP contribution in [0.4, 0.5) is 5.69 Å². The summed E-state index contributed by atoms with van der Waals surface area (Å²) >= 11 is 6.29. The van der Waals surface area contributed by atoms with Crippen molar-refractivity contribution in [2.45, 2.75) is 30.8 Å². The Bertz CT molecular complexity index is 1580. The molecule has 2 amide bonds. The average Bonchev–Trinajstić information content (AvgIpc) is 3.00. The summed E-state index contributed by atoms with van der Waals surface area (Å²) in [6, 6.07) is 30.7. The van der Waals surface area contributed by atoms with Gasteiger partial charge in [0.1, 0.15) is 12.6 Å². The molecule has 1 atom stereocenters. The lowest BCUT2D eigenvalue weighted by Crippen LogP contribution is -2.53. The molecule has 0 aliphatic heterocycles. The van der Waals surface area contributed by atoms with Gasteiger partial charge in [0.2, 0.25) is 11.8 Å². The van der Waals surface area contributed by atoms with Crippen LogP contribution in [0.5, 0.6) is 0 Å². The molecule has 0 saturated heterocycles.